The molecule has 47 heavy (non-hydrogen) atoms. The Morgan fingerprint density at radius 2 is 1.60 bits per heavy atom. The second-order valence-electron chi connectivity index (χ2n) is 9.52. The first-order chi connectivity index (χ1) is 22.6. The van der Waals surface area contributed by atoms with Crippen LogP contribution in [0, 0.1) is 6.92 Å². The van der Waals surface area contributed by atoms with Crippen LogP contribution >= 0.6 is 23.1 Å². The highest BCUT2D eigenvalue weighted by Gasteiger charge is 2.26. The van der Waals surface area contributed by atoms with Gasteiger partial charge in [-0.05, 0) is 42.5 Å². The summed E-state index contributed by atoms with van der Waals surface area (Å²) in [7, 11) is 3.26. The first-order valence-electron chi connectivity index (χ1n) is 13.7. The van der Waals surface area contributed by atoms with E-state index in [1.54, 1.807) is 42.6 Å². The minimum Gasteiger partial charge on any atom is -0.496 e. The molecule has 0 radical (unpaired) electrons. The standard InChI is InChI=1S/C30H30N2O12S3/c1-16-8-11-45-28(16)47(34,35)44-29-31-32-30(43-29)46-10-7-9-41-27-24(33)23-19(37-3)14-18(36-2)15-20(23)42-25(27)17-12-21(38-4)26(40-6)22(13-17)39-5/h8,11-15H,7,9-10H2,1-6H3. The minimum absolute atomic E-state index is 0.0582. The summed E-state index contributed by atoms with van der Waals surface area (Å²) in [4.78, 5) is 13.9. The number of nitrogens with zero attached hydrogens (tertiary/aromatic N) is 2. The van der Waals surface area contributed by atoms with Crippen LogP contribution in [0.15, 0.2) is 58.8 Å². The molecule has 0 fully saturated rings. The molecule has 0 amide bonds. The SMILES string of the molecule is COc1cc(OC)c2c(=O)c(OCCCSc3nnc(OS(=O)(=O)c4sccc4C)o3)c(-c3cc(OC)c(OC)c(OC)c3)oc2c1. The van der Waals surface area contributed by atoms with Crippen molar-refractivity contribution in [1.82, 2.24) is 10.2 Å². The van der Waals surface area contributed by atoms with E-state index in [0.29, 0.717) is 46.3 Å². The van der Waals surface area contributed by atoms with Gasteiger partial charge in [-0.15, -0.1) is 11.3 Å². The third kappa shape index (κ3) is 7.06. The van der Waals surface area contributed by atoms with Gasteiger partial charge in [-0.2, -0.15) is 8.42 Å². The van der Waals surface area contributed by atoms with Crippen molar-refractivity contribution in [2.75, 3.05) is 47.9 Å². The van der Waals surface area contributed by atoms with Crippen LogP contribution in [-0.4, -0.2) is 66.5 Å². The van der Waals surface area contributed by atoms with Crippen molar-refractivity contribution < 1.29 is 49.9 Å². The largest absolute Gasteiger partial charge is 0.496 e. The van der Waals surface area contributed by atoms with E-state index in [1.165, 1.54) is 35.5 Å². The number of benzene rings is 2. The minimum atomic E-state index is -4.10. The number of hydrogen-bond donors (Lipinski definition) is 0. The zero-order chi connectivity index (χ0) is 33.7. The molecule has 2 aromatic carbocycles. The maximum absolute atomic E-state index is 13.9. The number of hydrogen-bond acceptors (Lipinski definition) is 16. The summed E-state index contributed by atoms with van der Waals surface area (Å²) < 4.78 is 75.1. The van der Waals surface area contributed by atoms with E-state index < -0.39 is 21.6 Å². The zero-order valence-electron chi connectivity index (χ0n) is 26.1. The van der Waals surface area contributed by atoms with Crippen LogP contribution in [0.4, 0.5) is 0 Å². The third-order valence-electron chi connectivity index (χ3n) is 6.65. The Labute approximate surface area is 277 Å². The molecule has 5 aromatic rings. The van der Waals surface area contributed by atoms with E-state index in [2.05, 4.69) is 10.2 Å². The van der Waals surface area contributed by atoms with Gasteiger partial charge in [0, 0.05) is 23.4 Å². The molecule has 0 aliphatic rings. The number of thioether (sulfide) groups is 1. The summed E-state index contributed by atoms with van der Waals surface area (Å²) in [5, 5.41) is 9.42. The number of aryl methyl sites for hydroxylation is 1. The van der Waals surface area contributed by atoms with Crippen molar-refractivity contribution in [3.63, 3.8) is 0 Å². The molecule has 0 bridgehead atoms. The summed E-state index contributed by atoms with van der Waals surface area (Å²) in [6.45, 7) is 1.75. The van der Waals surface area contributed by atoms with Gasteiger partial charge < -0.3 is 41.4 Å². The third-order valence-corrected chi connectivity index (χ3v) is 10.4. The average Bonchev–Trinajstić information content (AvgIpc) is 3.72. The van der Waals surface area contributed by atoms with Gasteiger partial charge in [0.15, 0.2) is 21.5 Å². The molecule has 0 N–H and O–H groups in total. The Hall–Kier alpha value is -4.61. The molecule has 3 aromatic heterocycles. The second-order valence-corrected chi connectivity index (χ2v) is 13.2. The van der Waals surface area contributed by atoms with Gasteiger partial charge in [0.2, 0.25) is 16.9 Å². The van der Waals surface area contributed by atoms with Crippen LogP contribution in [0.3, 0.4) is 0 Å². The maximum Gasteiger partial charge on any atom is 0.431 e. The second kappa shape index (κ2) is 14.4. The lowest BCUT2D eigenvalue weighted by Crippen LogP contribution is -2.12. The Morgan fingerprint density at radius 1 is 0.872 bits per heavy atom. The molecule has 250 valence electrons. The van der Waals surface area contributed by atoms with Crippen LogP contribution in [0.5, 0.6) is 40.6 Å². The van der Waals surface area contributed by atoms with Gasteiger partial charge >= 0.3 is 16.2 Å². The molecular weight excluding hydrogens is 677 g/mol. The topological polar surface area (TPSA) is 168 Å². The summed E-state index contributed by atoms with van der Waals surface area (Å²) >= 11 is 2.19. The van der Waals surface area contributed by atoms with Crippen molar-refractivity contribution in [2.24, 2.45) is 0 Å². The number of rotatable bonds is 15. The number of fused-ring (bicyclic) bond motifs is 1. The lowest BCUT2D eigenvalue weighted by Gasteiger charge is -2.16. The number of aromatic nitrogens is 2. The van der Waals surface area contributed by atoms with Crippen molar-refractivity contribution >= 4 is 44.2 Å². The molecule has 0 saturated heterocycles. The molecule has 3 heterocycles. The Bertz CT molecular complexity index is 2030. The maximum atomic E-state index is 13.9. The fraction of sp³-hybridized carbons (Fsp3) is 0.300. The molecule has 0 aliphatic carbocycles. The van der Waals surface area contributed by atoms with Crippen molar-refractivity contribution in [3.8, 4) is 51.9 Å². The highest BCUT2D eigenvalue weighted by Crippen LogP contribution is 2.44. The summed E-state index contributed by atoms with van der Waals surface area (Å²) in [6, 6.07) is 8.10. The summed E-state index contributed by atoms with van der Waals surface area (Å²) in [5.41, 5.74) is 0.721. The highest BCUT2D eigenvalue weighted by atomic mass is 32.3. The van der Waals surface area contributed by atoms with E-state index in [-0.39, 0.29) is 44.3 Å². The highest BCUT2D eigenvalue weighted by molar-refractivity contribution is 7.99. The molecule has 0 aliphatic heterocycles. The van der Waals surface area contributed by atoms with E-state index in [9.17, 15) is 13.2 Å². The lowest BCUT2D eigenvalue weighted by molar-refractivity contribution is 0.308. The Morgan fingerprint density at radius 3 is 2.21 bits per heavy atom. The van der Waals surface area contributed by atoms with Gasteiger partial charge in [-0.1, -0.05) is 22.0 Å². The van der Waals surface area contributed by atoms with Gasteiger partial charge in [-0.25, -0.2) is 0 Å². The fourth-order valence-electron chi connectivity index (χ4n) is 4.48. The van der Waals surface area contributed by atoms with Gasteiger partial charge in [0.05, 0.1) is 42.2 Å². The molecule has 0 saturated carbocycles. The van der Waals surface area contributed by atoms with Crippen molar-refractivity contribution in [1.29, 1.82) is 0 Å². The predicted molar refractivity (Wildman–Crippen MR) is 173 cm³/mol. The molecular formula is C30H30N2O12S3. The van der Waals surface area contributed by atoms with Crippen LogP contribution in [0.1, 0.15) is 12.0 Å². The smallest absolute Gasteiger partial charge is 0.431 e. The van der Waals surface area contributed by atoms with Gasteiger partial charge in [-0.3, -0.25) is 4.79 Å². The molecule has 0 unspecified atom stereocenters. The van der Waals surface area contributed by atoms with E-state index in [4.69, 9.17) is 41.4 Å². The van der Waals surface area contributed by atoms with Gasteiger partial charge in [0.25, 0.3) is 5.22 Å². The molecule has 0 atom stereocenters. The predicted octanol–water partition coefficient (Wildman–Crippen LogP) is 5.58. The van der Waals surface area contributed by atoms with Gasteiger partial charge in [0.1, 0.15) is 22.5 Å². The van der Waals surface area contributed by atoms with Crippen LogP contribution in [0.2, 0.25) is 0 Å². The normalized spacial score (nSPS) is 11.4. The fourth-order valence-corrected chi connectivity index (χ4v) is 7.33. The van der Waals surface area contributed by atoms with E-state index >= 15 is 0 Å². The van der Waals surface area contributed by atoms with Crippen molar-refractivity contribution in [2.45, 2.75) is 22.8 Å². The number of ether oxygens (including phenoxy) is 6. The summed E-state index contributed by atoms with van der Waals surface area (Å²) in [5.74, 6) is 2.18. The molecule has 14 nitrogen and oxygen atoms in total. The van der Waals surface area contributed by atoms with E-state index in [1.807, 2.05) is 0 Å². The first kappa shape index (κ1) is 33.7. The molecule has 17 heteroatoms. The summed E-state index contributed by atoms with van der Waals surface area (Å²) in [6.07, 6.45) is -0.0760. The molecule has 5 rings (SSSR count). The first-order valence-corrected chi connectivity index (χ1v) is 17.0. The van der Waals surface area contributed by atoms with E-state index in [0.717, 1.165) is 23.1 Å². The zero-order valence-corrected chi connectivity index (χ0v) is 28.6. The molecule has 0 spiro atoms. The quantitative estimate of drug-likeness (QED) is 0.0750. The van der Waals surface area contributed by atoms with Crippen molar-refractivity contribution in [3.05, 3.63) is 51.5 Å². The van der Waals surface area contributed by atoms with Crippen LogP contribution < -0.4 is 38.0 Å². The number of methoxy groups -OCH3 is 5. The van der Waals surface area contributed by atoms with Crippen LogP contribution in [-0.2, 0) is 10.1 Å². The lowest BCUT2D eigenvalue weighted by atomic mass is 10.1. The average molecular weight is 707 g/mol. The van der Waals surface area contributed by atoms with Crippen LogP contribution in [0.25, 0.3) is 22.3 Å². The number of thiophene rings is 1. The Kier molecular flexibility index (Phi) is 10.4. The Balaban J connectivity index is 1.38. The monoisotopic (exact) mass is 706 g/mol.